The highest BCUT2D eigenvalue weighted by Gasteiger charge is 2.40. The number of ketones is 1. The number of ether oxygens (including phenoxy) is 4. The van der Waals surface area contributed by atoms with Crippen molar-refractivity contribution in [3.63, 3.8) is 0 Å². The van der Waals surface area contributed by atoms with Crippen molar-refractivity contribution in [2.24, 2.45) is 0 Å². The van der Waals surface area contributed by atoms with Gasteiger partial charge >= 0.3 is 11.9 Å². The number of carbonyl (C=O) groups is 3. The highest BCUT2D eigenvalue weighted by Crippen LogP contribution is 2.45. The summed E-state index contributed by atoms with van der Waals surface area (Å²) < 4.78 is 20.7. The molecule has 1 atom stereocenters. The molecule has 126 valence electrons. The van der Waals surface area contributed by atoms with E-state index in [-0.39, 0.29) is 17.1 Å². The predicted octanol–water partition coefficient (Wildman–Crippen LogP) is 1.86. The molecule has 0 aliphatic carbocycles. The lowest BCUT2D eigenvalue weighted by Crippen LogP contribution is -2.12. The zero-order valence-electron chi connectivity index (χ0n) is 13.3. The van der Waals surface area contributed by atoms with Crippen LogP contribution in [-0.4, -0.2) is 31.9 Å². The van der Waals surface area contributed by atoms with Gasteiger partial charge in [-0.1, -0.05) is 6.07 Å². The maximum atomic E-state index is 12.4. The van der Waals surface area contributed by atoms with E-state index in [9.17, 15) is 14.4 Å². The first-order valence-electron chi connectivity index (χ1n) is 7.41. The molecule has 7 heteroatoms. The lowest BCUT2D eigenvalue weighted by molar-refractivity contribution is -0.133. The minimum absolute atomic E-state index is 0.101. The second-order valence-corrected chi connectivity index (χ2v) is 5.57. The third-order valence-corrected chi connectivity index (χ3v) is 4.24. The van der Waals surface area contributed by atoms with Crippen LogP contribution in [0.1, 0.15) is 27.4 Å². The van der Waals surface area contributed by atoms with Crippen LogP contribution in [0.5, 0.6) is 23.0 Å². The molecule has 0 amide bonds. The minimum atomic E-state index is -0.937. The Bertz CT molecular complexity index is 945. The smallest absolute Gasteiger partial charge is 0.385 e. The van der Waals surface area contributed by atoms with E-state index >= 15 is 0 Å². The van der Waals surface area contributed by atoms with Crippen LogP contribution in [0, 0.1) is 0 Å². The van der Waals surface area contributed by atoms with Crippen molar-refractivity contribution < 1.29 is 33.3 Å². The second-order valence-electron chi connectivity index (χ2n) is 5.57. The summed E-state index contributed by atoms with van der Waals surface area (Å²) in [4.78, 5) is 35.5. The number of carbonyl (C=O) groups excluding carboxylic acids is 3. The number of esters is 2. The number of Topliss-reactive ketones (excluding diaryl/α,β-unsaturated/α-hetero) is 1. The van der Waals surface area contributed by atoms with Gasteiger partial charge in [0.1, 0.15) is 17.4 Å². The summed E-state index contributed by atoms with van der Waals surface area (Å²) in [5, 5.41) is 0. The monoisotopic (exact) mass is 340 g/mol. The molecule has 25 heavy (non-hydrogen) atoms. The molecule has 0 bridgehead atoms. The number of methoxy groups -OCH3 is 2. The summed E-state index contributed by atoms with van der Waals surface area (Å²) >= 11 is 0. The van der Waals surface area contributed by atoms with E-state index in [0.29, 0.717) is 22.6 Å². The number of hydrogen-bond donors (Lipinski definition) is 0. The van der Waals surface area contributed by atoms with Crippen molar-refractivity contribution in [3.8, 4) is 23.0 Å². The molecule has 0 saturated carbocycles. The van der Waals surface area contributed by atoms with Gasteiger partial charge in [-0.25, -0.2) is 4.79 Å². The summed E-state index contributed by atoms with van der Waals surface area (Å²) in [6.45, 7) is 0. The van der Waals surface area contributed by atoms with Crippen LogP contribution in [0.4, 0.5) is 0 Å². The van der Waals surface area contributed by atoms with E-state index < -0.39 is 23.6 Å². The molecule has 0 N–H and O–H groups in total. The molecule has 2 aliphatic rings. The molecule has 0 saturated heterocycles. The van der Waals surface area contributed by atoms with Crippen LogP contribution >= 0.6 is 0 Å². The van der Waals surface area contributed by atoms with Crippen molar-refractivity contribution in [1.29, 1.82) is 0 Å². The molecule has 0 aromatic heterocycles. The van der Waals surface area contributed by atoms with E-state index in [2.05, 4.69) is 0 Å². The van der Waals surface area contributed by atoms with E-state index in [1.165, 1.54) is 26.4 Å². The molecular formula is C18H12O7. The topological polar surface area (TPSA) is 88.1 Å². The molecule has 7 nitrogen and oxygen atoms in total. The van der Waals surface area contributed by atoms with Crippen molar-refractivity contribution in [1.82, 2.24) is 0 Å². The molecule has 4 rings (SSSR count). The van der Waals surface area contributed by atoms with Crippen LogP contribution in [0.2, 0.25) is 0 Å². The fourth-order valence-corrected chi connectivity index (χ4v) is 3.05. The number of rotatable bonds is 3. The Morgan fingerprint density at radius 1 is 0.880 bits per heavy atom. The van der Waals surface area contributed by atoms with E-state index in [1.807, 2.05) is 0 Å². The molecule has 1 unspecified atom stereocenters. The second kappa shape index (κ2) is 5.34. The normalized spacial score (nSPS) is 17.7. The summed E-state index contributed by atoms with van der Waals surface area (Å²) in [5.41, 5.74) is 1.26. The van der Waals surface area contributed by atoms with Gasteiger partial charge in [-0.2, -0.15) is 0 Å². The van der Waals surface area contributed by atoms with Gasteiger partial charge in [0, 0.05) is 5.56 Å². The lowest BCUT2D eigenvalue weighted by atomic mass is 9.91. The Hall–Kier alpha value is -3.35. The Kier molecular flexibility index (Phi) is 3.24. The largest absolute Gasteiger partial charge is 0.493 e. The first-order chi connectivity index (χ1) is 12.0. The maximum absolute atomic E-state index is 12.4. The van der Waals surface area contributed by atoms with Crippen LogP contribution in [0.25, 0.3) is 0 Å². The first-order valence-corrected chi connectivity index (χ1v) is 7.41. The van der Waals surface area contributed by atoms with Crippen molar-refractivity contribution in [3.05, 3.63) is 47.0 Å². The van der Waals surface area contributed by atoms with E-state index in [0.717, 1.165) is 0 Å². The van der Waals surface area contributed by atoms with Gasteiger partial charge in [-0.15, -0.1) is 0 Å². The van der Waals surface area contributed by atoms with Gasteiger partial charge in [0.2, 0.25) is 0 Å². The highest BCUT2D eigenvalue weighted by atomic mass is 16.6. The van der Waals surface area contributed by atoms with E-state index in [1.54, 1.807) is 18.2 Å². The zero-order chi connectivity index (χ0) is 17.7. The van der Waals surface area contributed by atoms with Crippen molar-refractivity contribution in [2.45, 2.75) is 5.92 Å². The Morgan fingerprint density at radius 2 is 1.64 bits per heavy atom. The molecule has 0 spiro atoms. The highest BCUT2D eigenvalue weighted by molar-refractivity contribution is 6.44. The number of hydrogen-bond acceptors (Lipinski definition) is 7. The molecular weight excluding hydrogens is 328 g/mol. The summed E-state index contributed by atoms with van der Waals surface area (Å²) in [6, 6.07) is 7.98. The standard InChI is InChI=1S/C18H12O7/c1-22-11-4-3-8(5-14(11)23-2)15-9-6-13-10(16(19)18(21)25-13)7-12(9)24-17(15)20/h3-7,15H,1-2H3. The Balaban J connectivity index is 1.82. The Labute approximate surface area is 142 Å². The van der Waals surface area contributed by atoms with Crippen LogP contribution < -0.4 is 18.9 Å². The maximum Gasteiger partial charge on any atom is 0.385 e. The van der Waals surface area contributed by atoms with Crippen molar-refractivity contribution >= 4 is 17.7 Å². The van der Waals surface area contributed by atoms with Crippen LogP contribution in [0.15, 0.2) is 30.3 Å². The van der Waals surface area contributed by atoms with Crippen LogP contribution in [0.3, 0.4) is 0 Å². The number of benzene rings is 2. The molecule has 0 radical (unpaired) electrons. The van der Waals surface area contributed by atoms with Gasteiger partial charge in [0.15, 0.2) is 11.5 Å². The van der Waals surface area contributed by atoms with Gasteiger partial charge in [-0.3, -0.25) is 9.59 Å². The molecule has 2 aromatic carbocycles. The molecule has 0 fully saturated rings. The quantitative estimate of drug-likeness (QED) is 0.479. The summed E-state index contributed by atoms with van der Waals surface area (Å²) in [5.74, 6) is -1.49. The number of fused-ring (bicyclic) bond motifs is 2. The first kappa shape index (κ1) is 15.2. The third kappa shape index (κ3) is 2.16. The summed E-state index contributed by atoms with van der Waals surface area (Å²) in [6.07, 6.45) is 0. The van der Waals surface area contributed by atoms with Gasteiger partial charge in [0.25, 0.3) is 5.78 Å². The third-order valence-electron chi connectivity index (χ3n) is 4.24. The SMILES string of the molecule is COc1ccc(C2C(=O)Oc3cc4c(cc32)OC(=O)C4=O)cc1OC. The van der Waals surface area contributed by atoms with Gasteiger partial charge in [0.05, 0.1) is 19.8 Å². The fraction of sp³-hybridized carbons (Fsp3) is 0.167. The average molecular weight is 340 g/mol. The average Bonchev–Trinajstić information content (AvgIpc) is 3.08. The lowest BCUT2D eigenvalue weighted by Gasteiger charge is -2.12. The summed E-state index contributed by atoms with van der Waals surface area (Å²) in [7, 11) is 3.02. The van der Waals surface area contributed by atoms with Crippen molar-refractivity contribution in [2.75, 3.05) is 14.2 Å². The molecule has 2 aliphatic heterocycles. The fourth-order valence-electron chi connectivity index (χ4n) is 3.05. The van der Waals surface area contributed by atoms with Crippen LogP contribution in [-0.2, 0) is 9.59 Å². The zero-order valence-corrected chi connectivity index (χ0v) is 13.3. The predicted molar refractivity (Wildman–Crippen MR) is 83.4 cm³/mol. The van der Waals surface area contributed by atoms with Gasteiger partial charge < -0.3 is 18.9 Å². The van der Waals surface area contributed by atoms with Gasteiger partial charge in [-0.05, 0) is 29.8 Å². The minimum Gasteiger partial charge on any atom is -0.493 e. The van der Waals surface area contributed by atoms with E-state index in [4.69, 9.17) is 18.9 Å². The molecule has 2 aromatic rings. The Morgan fingerprint density at radius 3 is 2.36 bits per heavy atom. The molecule has 2 heterocycles.